The lowest BCUT2D eigenvalue weighted by molar-refractivity contribution is 0.656. The van der Waals surface area contributed by atoms with Gasteiger partial charge in [0.1, 0.15) is 0 Å². The Hall–Kier alpha value is -4.20. The van der Waals surface area contributed by atoms with E-state index in [4.69, 9.17) is 0 Å². The Morgan fingerprint density at radius 1 is 0.595 bits per heavy atom. The van der Waals surface area contributed by atoms with Crippen LogP contribution in [-0.4, -0.2) is 0 Å². The van der Waals surface area contributed by atoms with E-state index in [1.54, 1.807) is 0 Å². The SMILES string of the molecule is CC.Cc1c(-c2ccc3c(sc4ccccc43)c2Cc2ccc3ccccc3c2)ccc2c1C(C)(C)c1ccccc1-2. The average molecular weight is 561 g/mol. The number of rotatable bonds is 3. The molecule has 0 N–H and O–H groups in total. The first-order valence-corrected chi connectivity index (χ1v) is 16.0. The standard InChI is InChI=1S/C39H30S.C2H6/c1-24-28(18-20-32-30-12-6-8-14-35(30)39(2,3)37(24)32)29-19-21-33-31-13-7-9-15-36(31)40-38(33)34(29)23-25-16-17-26-10-4-5-11-27(26)22-25;1-2/h4-22H,23H2,1-3H3;1-2H3. The second kappa shape index (κ2) is 10.3. The minimum Gasteiger partial charge on any atom is -0.135 e. The Bertz CT molecular complexity index is 2120. The van der Waals surface area contributed by atoms with Gasteiger partial charge in [0.15, 0.2) is 0 Å². The van der Waals surface area contributed by atoms with Crippen molar-refractivity contribution in [2.45, 2.75) is 46.5 Å². The van der Waals surface area contributed by atoms with Crippen LogP contribution in [0.4, 0.5) is 0 Å². The van der Waals surface area contributed by atoms with Crippen LogP contribution in [0.2, 0.25) is 0 Å². The minimum absolute atomic E-state index is 0.0216. The van der Waals surface area contributed by atoms with Crippen LogP contribution < -0.4 is 0 Å². The zero-order valence-electron chi connectivity index (χ0n) is 25.1. The summed E-state index contributed by atoms with van der Waals surface area (Å²) in [5, 5.41) is 5.32. The summed E-state index contributed by atoms with van der Waals surface area (Å²) in [6.07, 6.45) is 0.907. The van der Waals surface area contributed by atoms with Gasteiger partial charge in [-0.25, -0.2) is 0 Å². The largest absolute Gasteiger partial charge is 0.135 e. The van der Waals surface area contributed by atoms with Crippen LogP contribution in [0.1, 0.15) is 55.5 Å². The van der Waals surface area contributed by atoms with Crippen molar-refractivity contribution in [2.24, 2.45) is 0 Å². The molecular weight excluding hydrogens is 525 g/mol. The fourth-order valence-corrected chi connectivity index (χ4v) is 8.50. The van der Waals surface area contributed by atoms with Crippen molar-refractivity contribution in [3.05, 3.63) is 143 Å². The van der Waals surface area contributed by atoms with Gasteiger partial charge in [0, 0.05) is 25.6 Å². The highest BCUT2D eigenvalue weighted by Crippen LogP contribution is 2.52. The second-order valence-electron chi connectivity index (χ2n) is 11.8. The first kappa shape index (κ1) is 26.7. The van der Waals surface area contributed by atoms with Gasteiger partial charge in [0.05, 0.1) is 0 Å². The summed E-state index contributed by atoms with van der Waals surface area (Å²) in [6, 6.07) is 43.0. The fraction of sp³-hybridized carbons (Fsp3) is 0.171. The molecule has 206 valence electrons. The maximum Gasteiger partial charge on any atom is 0.0396 e. The first-order valence-electron chi connectivity index (χ1n) is 15.2. The molecule has 0 aliphatic heterocycles. The summed E-state index contributed by atoms with van der Waals surface area (Å²) in [4.78, 5) is 0. The predicted molar refractivity (Wildman–Crippen MR) is 185 cm³/mol. The highest BCUT2D eigenvalue weighted by molar-refractivity contribution is 7.26. The van der Waals surface area contributed by atoms with Crippen LogP contribution in [0, 0.1) is 6.92 Å². The normalized spacial score (nSPS) is 13.2. The Labute approximate surface area is 253 Å². The van der Waals surface area contributed by atoms with Gasteiger partial charge in [-0.15, -0.1) is 11.3 Å². The van der Waals surface area contributed by atoms with Crippen LogP contribution in [-0.2, 0) is 11.8 Å². The molecule has 0 amide bonds. The second-order valence-corrected chi connectivity index (χ2v) is 12.8. The smallest absolute Gasteiger partial charge is 0.0396 e. The molecule has 0 saturated heterocycles. The van der Waals surface area contributed by atoms with E-state index in [2.05, 4.69) is 136 Å². The molecule has 1 heteroatoms. The van der Waals surface area contributed by atoms with E-state index in [1.807, 2.05) is 25.2 Å². The van der Waals surface area contributed by atoms with E-state index >= 15 is 0 Å². The van der Waals surface area contributed by atoms with E-state index in [0.717, 1.165) is 6.42 Å². The molecule has 0 nitrogen and oxygen atoms in total. The van der Waals surface area contributed by atoms with Gasteiger partial charge in [-0.2, -0.15) is 0 Å². The molecule has 0 saturated carbocycles. The summed E-state index contributed by atoms with van der Waals surface area (Å²) in [7, 11) is 0. The first-order chi connectivity index (χ1) is 20.5. The van der Waals surface area contributed by atoms with Crippen molar-refractivity contribution in [3.8, 4) is 22.3 Å². The molecule has 42 heavy (non-hydrogen) atoms. The minimum atomic E-state index is -0.0216. The molecule has 0 unspecified atom stereocenters. The van der Waals surface area contributed by atoms with Crippen LogP contribution in [0.25, 0.3) is 53.2 Å². The molecular formula is C41H36S. The monoisotopic (exact) mass is 560 g/mol. The van der Waals surface area contributed by atoms with E-state index in [1.165, 1.54) is 81.0 Å². The Morgan fingerprint density at radius 2 is 1.29 bits per heavy atom. The molecule has 0 atom stereocenters. The van der Waals surface area contributed by atoms with Gasteiger partial charge < -0.3 is 0 Å². The third-order valence-electron chi connectivity index (χ3n) is 9.12. The molecule has 1 heterocycles. The third kappa shape index (κ3) is 4.02. The van der Waals surface area contributed by atoms with Gasteiger partial charge in [-0.1, -0.05) is 137 Å². The van der Waals surface area contributed by atoms with E-state index < -0.39 is 0 Å². The van der Waals surface area contributed by atoms with Crippen molar-refractivity contribution in [3.63, 3.8) is 0 Å². The van der Waals surface area contributed by atoms with Crippen LogP contribution >= 0.6 is 11.3 Å². The maximum absolute atomic E-state index is 2.39. The average Bonchev–Trinajstić information content (AvgIpc) is 3.52. The van der Waals surface area contributed by atoms with E-state index in [9.17, 15) is 0 Å². The lowest BCUT2D eigenvalue weighted by atomic mass is 9.78. The number of hydrogen-bond donors (Lipinski definition) is 0. The fourth-order valence-electron chi connectivity index (χ4n) is 7.26. The van der Waals surface area contributed by atoms with Crippen LogP contribution in [0.5, 0.6) is 0 Å². The molecule has 8 rings (SSSR count). The van der Waals surface area contributed by atoms with Crippen LogP contribution in [0.3, 0.4) is 0 Å². The predicted octanol–water partition coefficient (Wildman–Crippen LogP) is 12.1. The van der Waals surface area contributed by atoms with Crippen molar-refractivity contribution < 1.29 is 0 Å². The molecule has 7 aromatic rings. The number of hydrogen-bond acceptors (Lipinski definition) is 1. The number of fused-ring (bicyclic) bond motifs is 7. The topological polar surface area (TPSA) is 0 Å². The number of thiophene rings is 1. The van der Waals surface area contributed by atoms with Crippen molar-refractivity contribution in [1.82, 2.24) is 0 Å². The molecule has 6 aromatic carbocycles. The van der Waals surface area contributed by atoms with E-state index in [0.29, 0.717) is 0 Å². The highest BCUT2D eigenvalue weighted by atomic mass is 32.1. The third-order valence-corrected chi connectivity index (χ3v) is 10.4. The summed E-state index contributed by atoms with van der Waals surface area (Å²) >= 11 is 1.94. The summed E-state index contributed by atoms with van der Waals surface area (Å²) < 4.78 is 2.77. The Balaban J connectivity index is 0.00000141. The lowest BCUT2D eigenvalue weighted by Crippen LogP contribution is -2.16. The zero-order chi connectivity index (χ0) is 29.0. The molecule has 0 radical (unpaired) electrons. The summed E-state index contributed by atoms with van der Waals surface area (Å²) in [5.41, 5.74) is 12.6. The molecule has 0 bridgehead atoms. The van der Waals surface area contributed by atoms with Crippen LogP contribution in [0.15, 0.2) is 115 Å². The molecule has 1 aromatic heterocycles. The summed E-state index contributed by atoms with van der Waals surface area (Å²) in [5.74, 6) is 0. The lowest BCUT2D eigenvalue weighted by Gasteiger charge is -2.25. The van der Waals surface area contributed by atoms with Gasteiger partial charge in [-0.3, -0.25) is 0 Å². The Morgan fingerprint density at radius 3 is 2.14 bits per heavy atom. The zero-order valence-corrected chi connectivity index (χ0v) is 25.9. The number of benzene rings is 6. The molecule has 1 aliphatic rings. The highest BCUT2D eigenvalue weighted by Gasteiger charge is 2.37. The van der Waals surface area contributed by atoms with Crippen molar-refractivity contribution >= 4 is 42.3 Å². The maximum atomic E-state index is 2.39. The molecule has 0 spiro atoms. The molecule has 1 aliphatic carbocycles. The van der Waals surface area contributed by atoms with Gasteiger partial charge >= 0.3 is 0 Å². The van der Waals surface area contributed by atoms with Gasteiger partial charge in [-0.05, 0) is 80.3 Å². The summed E-state index contributed by atoms with van der Waals surface area (Å²) in [6.45, 7) is 11.1. The van der Waals surface area contributed by atoms with Crippen molar-refractivity contribution in [1.29, 1.82) is 0 Å². The quantitative estimate of drug-likeness (QED) is 0.202. The van der Waals surface area contributed by atoms with Gasteiger partial charge in [0.2, 0.25) is 0 Å². The van der Waals surface area contributed by atoms with E-state index in [-0.39, 0.29) is 5.41 Å². The van der Waals surface area contributed by atoms with Gasteiger partial charge in [0.25, 0.3) is 0 Å². The Kier molecular flexibility index (Phi) is 6.52. The molecule has 0 fully saturated rings. The van der Waals surface area contributed by atoms with Crippen molar-refractivity contribution in [2.75, 3.05) is 0 Å².